The van der Waals surface area contributed by atoms with E-state index in [1.54, 1.807) is 0 Å². The minimum atomic E-state index is 0.0783. The monoisotopic (exact) mass is 361 g/mol. The lowest BCUT2D eigenvalue weighted by Crippen LogP contribution is -2.47. The molecule has 0 aliphatic carbocycles. The van der Waals surface area contributed by atoms with Crippen LogP contribution in [0.2, 0.25) is 0 Å². The Morgan fingerprint density at radius 3 is 2.65 bits per heavy atom. The number of ether oxygens (including phenoxy) is 1. The van der Waals surface area contributed by atoms with Crippen molar-refractivity contribution in [2.75, 3.05) is 50.6 Å². The molecule has 0 aromatic carbocycles. The van der Waals surface area contributed by atoms with Gasteiger partial charge in [0.15, 0.2) is 0 Å². The summed E-state index contributed by atoms with van der Waals surface area (Å²) in [5.74, 6) is 0.951. The maximum atomic E-state index is 12.5. The molecule has 1 aromatic heterocycles. The van der Waals surface area contributed by atoms with Gasteiger partial charge in [-0.1, -0.05) is 0 Å². The number of aromatic nitrogens is 1. The number of likely N-dealkylation sites (tertiary alicyclic amines) is 1. The zero-order chi connectivity index (χ0) is 18.4. The number of hydrogen-bond donors (Lipinski definition) is 2. The van der Waals surface area contributed by atoms with Crippen molar-refractivity contribution in [2.45, 2.75) is 44.2 Å². The van der Waals surface area contributed by atoms with Crippen molar-refractivity contribution in [2.24, 2.45) is 0 Å². The van der Waals surface area contributed by atoms with Crippen LogP contribution in [-0.2, 0) is 4.74 Å². The summed E-state index contributed by atoms with van der Waals surface area (Å²) in [6.45, 7) is 3.11. The lowest BCUT2D eigenvalue weighted by Gasteiger charge is -2.27. The maximum absolute atomic E-state index is 12.5. The summed E-state index contributed by atoms with van der Waals surface area (Å²) in [5.41, 5.74) is 1.04. The molecule has 2 aliphatic heterocycles. The van der Waals surface area contributed by atoms with E-state index in [0.717, 1.165) is 69.9 Å². The highest BCUT2D eigenvalue weighted by molar-refractivity contribution is 5.74. The summed E-state index contributed by atoms with van der Waals surface area (Å²) in [5, 5.41) is 6.74. The first-order valence-corrected chi connectivity index (χ1v) is 9.65. The molecule has 7 heteroatoms. The lowest BCUT2D eigenvalue weighted by atomic mass is 10.1. The molecule has 0 saturated carbocycles. The molecule has 2 saturated heterocycles. The minimum absolute atomic E-state index is 0.0783. The first-order valence-electron chi connectivity index (χ1n) is 9.65. The first-order chi connectivity index (χ1) is 12.6. The number of rotatable bonds is 4. The lowest BCUT2D eigenvalue weighted by molar-refractivity contribution is 0.0781. The van der Waals surface area contributed by atoms with Crippen molar-refractivity contribution >= 4 is 17.5 Å². The highest BCUT2D eigenvalue weighted by Gasteiger charge is 2.23. The predicted molar refractivity (Wildman–Crippen MR) is 104 cm³/mol. The van der Waals surface area contributed by atoms with Crippen molar-refractivity contribution < 1.29 is 9.53 Å². The van der Waals surface area contributed by atoms with E-state index in [9.17, 15) is 4.79 Å². The first kappa shape index (κ1) is 18.8. The fourth-order valence-electron chi connectivity index (χ4n) is 3.52. The van der Waals surface area contributed by atoms with E-state index < -0.39 is 0 Å². The summed E-state index contributed by atoms with van der Waals surface area (Å²) >= 11 is 0. The zero-order valence-electron chi connectivity index (χ0n) is 15.9. The Balaban J connectivity index is 1.47. The van der Waals surface area contributed by atoms with Gasteiger partial charge in [-0.05, 0) is 44.2 Å². The Hall–Kier alpha value is -2.02. The van der Waals surface area contributed by atoms with Crippen LogP contribution in [-0.4, -0.2) is 68.4 Å². The number of hydrogen-bond acceptors (Lipinski definition) is 5. The predicted octanol–water partition coefficient (Wildman–Crippen LogP) is 2.30. The van der Waals surface area contributed by atoms with E-state index in [1.165, 1.54) is 0 Å². The second-order valence-electron chi connectivity index (χ2n) is 7.39. The van der Waals surface area contributed by atoms with Crippen molar-refractivity contribution in [3.63, 3.8) is 0 Å². The van der Waals surface area contributed by atoms with Gasteiger partial charge >= 0.3 is 6.03 Å². The molecule has 26 heavy (non-hydrogen) atoms. The highest BCUT2D eigenvalue weighted by atomic mass is 16.5. The Morgan fingerprint density at radius 1 is 1.15 bits per heavy atom. The number of nitrogens with one attached hydrogen (secondary N) is 2. The number of anilines is 2. The van der Waals surface area contributed by atoms with Crippen LogP contribution in [0, 0.1) is 0 Å². The summed E-state index contributed by atoms with van der Waals surface area (Å²) in [4.78, 5) is 20.9. The molecule has 2 fully saturated rings. The van der Waals surface area contributed by atoms with Crippen LogP contribution in [0.3, 0.4) is 0 Å². The minimum Gasteiger partial charge on any atom is -0.381 e. The molecule has 0 unspecified atom stereocenters. The molecule has 2 amide bonds. The van der Waals surface area contributed by atoms with Crippen LogP contribution in [0.4, 0.5) is 16.3 Å². The molecule has 1 atom stereocenters. The average Bonchev–Trinajstić information content (AvgIpc) is 2.89. The second-order valence-corrected chi connectivity index (χ2v) is 7.39. The quantitative estimate of drug-likeness (QED) is 0.861. The SMILES string of the molecule is CN(C)c1ccc(N[C@@H]2CCCN(C(=O)NC3CCOCC3)CC2)cn1. The van der Waals surface area contributed by atoms with Gasteiger partial charge < -0.3 is 25.2 Å². The summed E-state index contributed by atoms with van der Waals surface area (Å²) in [6, 6.07) is 4.81. The van der Waals surface area contributed by atoms with E-state index >= 15 is 0 Å². The van der Waals surface area contributed by atoms with E-state index in [4.69, 9.17) is 4.74 Å². The van der Waals surface area contributed by atoms with E-state index in [0.29, 0.717) is 6.04 Å². The van der Waals surface area contributed by atoms with Gasteiger partial charge in [-0.25, -0.2) is 9.78 Å². The highest BCUT2D eigenvalue weighted by Crippen LogP contribution is 2.18. The van der Waals surface area contributed by atoms with Gasteiger partial charge in [0.1, 0.15) is 5.82 Å². The average molecular weight is 361 g/mol. The summed E-state index contributed by atoms with van der Waals surface area (Å²) in [6.07, 6.45) is 6.75. The molecule has 2 N–H and O–H groups in total. The number of pyridine rings is 1. The Labute approximate surface area is 156 Å². The van der Waals surface area contributed by atoms with Crippen LogP contribution >= 0.6 is 0 Å². The number of urea groups is 1. The fourth-order valence-corrected chi connectivity index (χ4v) is 3.52. The van der Waals surface area contributed by atoms with Gasteiger partial charge in [0.25, 0.3) is 0 Å². The normalized spacial score (nSPS) is 21.8. The van der Waals surface area contributed by atoms with E-state index in [-0.39, 0.29) is 12.1 Å². The molecule has 3 rings (SSSR count). The standard InChI is InChI=1S/C19H31N5O2/c1-23(2)18-6-5-17(14-20-18)21-15-4-3-10-24(11-7-15)19(25)22-16-8-12-26-13-9-16/h5-6,14-16,21H,3-4,7-13H2,1-2H3,(H,22,25)/t15-/m1/s1. The second kappa shape index (κ2) is 9.07. The van der Waals surface area contributed by atoms with Crippen LogP contribution in [0.15, 0.2) is 18.3 Å². The molecular formula is C19H31N5O2. The van der Waals surface area contributed by atoms with E-state index in [2.05, 4.69) is 21.7 Å². The van der Waals surface area contributed by atoms with Gasteiger partial charge in [-0.2, -0.15) is 0 Å². The summed E-state index contributed by atoms with van der Waals surface area (Å²) < 4.78 is 5.36. The van der Waals surface area contributed by atoms with Crippen LogP contribution < -0.4 is 15.5 Å². The molecule has 3 heterocycles. The molecule has 2 aliphatic rings. The Kier molecular flexibility index (Phi) is 6.55. The molecule has 0 spiro atoms. The van der Waals surface area contributed by atoms with Crippen LogP contribution in [0.5, 0.6) is 0 Å². The van der Waals surface area contributed by atoms with Crippen molar-refractivity contribution in [1.82, 2.24) is 15.2 Å². The molecule has 1 aromatic rings. The third-order valence-electron chi connectivity index (χ3n) is 5.14. The van der Waals surface area contributed by atoms with Gasteiger partial charge in [-0.3, -0.25) is 0 Å². The Bertz CT molecular complexity index is 572. The van der Waals surface area contributed by atoms with Crippen LogP contribution in [0.1, 0.15) is 32.1 Å². The largest absolute Gasteiger partial charge is 0.381 e. The summed E-state index contributed by atoms with van der Waals surface area (Å²) in [7, 11) is 3.97. The molecule has 0 radical (unpaired) electrons. The van der Waals surface area contributed by atoms with Crippen molar-refractivity contribution in [1.29, 1.82) is 0 Å². The molecule has 0 bridgehead atoms. The van der Waals surface area contributed by atoms with Gasteiger partial charge in [-0.15, -0.1) is 0 Å². The third kappa shape index (κ3) is 5.24. The smallest absolute Gasteiger partial charge is 0.317 e. The van der Waals surface area contributed by atoms with Gasteiger partial charge in [0.2, 0.25) is 0 Å². The number of nitrogens with zero attached hydrogens (tertiary/aromatic N) is 3. The maximum Gasteiger partial charge on any atom is 0.317 e. The Morgan fingerprint density at radius 2 is 1.96 bits per heavy atom. The number of carbonyl (C=O) groups excluding carboxylic acids is 1. The van der Waals surface area contributed by atoms with E-state index in [1.807, 2.05) is 36.2 Å². The third-order valence-corrected chi connectivity index (χ3v) is 5.14. The van der Waals surface area contributed by atoms with Crippen LogP contribution in [0.25, 0.3) is 0 Å². The number of amides is 2. The number of carbonyl (C=O) groups is 1. The molecular weight excluding hydrogens is 330 g/mol. The van der Waals surface area contributed by atoms with Gasteiger partial charge in [0.05, 0.1) is 11.9 Å². The van der Waals surface area contributed by atoms with Crippen molar-refractivity contribution in [3.05, 3.63) is 18.3 Å². The van der Waals surface area contributed by atoms with Crippen molar-refractivity contribution in [3.8, 4) is 0 Å². The topological polar surface area (TPSA) is 69.7 Å². The molecule has 7 nitrogen and oxygen atoms in total. The molecule has 144 valence electrons. The fraction of sp³-hybridized carbons (Fsp3) is 0.684. The van der Waals surface area contributed by atoms with Gasteiger partial charge in [0, 0.05) is 52.5 Å². The zero-order valence-corrected chi connectivity index (χ0v) is 15.9.